The fourth-order valence-corrected chi connectivity index (χ4v) is 4.37. The van der Waals surface area contributed by atoms with Gasteiger partial charge in [-0.3, -0.25) is 14.6 Å². The van der Waals surface area contributed by atoms with Gasteiger partial charge in [0, 0.05) is 18.1 Å². The van der Waals surface area contributed by atoms with Crippen molar-refractivity contribution in [3.05, 3.63) is 126 Å². The molecule has 42 heavy (non-hydrogen) atoms. The highest BCUT2D eigenvalue weighted by Crippen LogP contribution is 2.29. The van der Waals surface area contributed by atoms with E-state index in [0.29, 0.717) is 18.7 Å². The molecule has 0 aliphatic carbocycles. The molecule has 6 heteroatoms. The maximum Gasteiger partial charge on any atom is 0.292 e. The van der Waals surface area contributed by atoms with Gasteiger partial charge in [0.25, 0.3) is 12.4 Å². The predicted octanol–water partition coefficient (Wildman–Crippen LogP) is 7.75. The van der Waals surface area contributed by atoms with E-state index in [9.17, 15) is 4.79 Å². The third-order valence-corrected chi connectivity index (χ3v) is 6.74. The second-order valence-electron chi connectivity index (χ2n) is 10.9. The number of pyridine rings is 1. The lowest BCUT2D eigenvalue weighted by atomic mass is 9.87. The molecule has 1 N–H and O–H groups in total. The van der Waals surface area contributed by atoms with E-state index in [2.05, 4.69) is 84.3 Å². The summed E-state index contributed by atoms with van der Waals surface area (Å²) in [5, 5.41) is 4.86. The number of carbonyl (C=O) groups excluding carboxylic acids is 2. The third-order valence-electron chi connectivity index (χ3n) is 6.74. The number of carbonyl (C=O) groups is 2. The number of hydrogen-bond donors (Lipinski definition) is 1. The first kappa shape index (κ1) is 30.0. The minimum Gasteiger partial charge on any atom is -0.471 e. The van der Waals surface area contributed by atoms with Gasteiger partial charge in [0.15, 0.2) is 0 Å². The molecule has 1 heterocycles. The van der Waals surface area contributed by atoms with E-state index in [1.807, 2.05) is 54.6 Å². The number of fused-ring (bicyclic) bond motifs is 1. The van der Waals surface area contributed by atoms with Crippen LogP contribution in [0.3, 0.4) is 0 Å². The zero-order valence-electron chi connectivity index (χ0n) is 24.5. The van der Waals surface area contributed by atoms with Gasteiger partial charge in [-0.15, -0.1) is 0 Å². The quantitative estimate of drug-likeness (QED) is 0.196. The van der Waals surface area contributed by atoms with Gasteiger partial charge in [0.05, 0.1) is 7.11 Å². The summed E-state index contributed by atoms with van der Waals surface area (Å²) in [7, 11) is 1.31. The number of ether oxygens (including phenoxy) is 2. The molecule has 0 spiro atoms. The van der Waals surface area contributed by atoms with Crippen LogP contribution in [0.15, 0.2) is 109 Å². The SMILES string of the molecule is CC(C)(C)c1ccc(Oc2ccc3cnc(C(=O)NCCc4ccc(-c5ccccc5)cc4)cc3c2)cc1.COC=O. The van der Waals surface area contributed by atoms with Crippen molar-refractivity contribution in [2.24, 2.45) is 0 Å². The van der Waals surface area contributed by atoms with E-state index in [4.69, 9.17) is 9.53 Å². The number of nitrogens with zero attached hydrogens (tertiary/aromatic N) is 1. The summed E-state index contributed by atoms with van der Waals surface area (Å²) in [6, 6.07) is 34.6. The number of hydrogen-bond acceptors (Lipinski definition) is 5. The fourth-order valence-electron chi connectivity index (χ4n) is 4.37. The number of methoxy groups -OCH3 is 1. The van der Waals surface area contributed by atoms with Crippen molar-refractivity contribution in [1.82, 2.24) is 10.3 Å². The minimum absolute atomic E-state index is 0.0957. The van der Waals surface area contributed by atoms with Gasteiger partial charge in [-0.05, 0) is 75.9 Å². The molecular formula is C36H36N2O4. The van der Waals surface area contributed by atoms with Gasteiger partial charge in [-0.2, -0.15) is 0 Å². The van der Waals surface area contributed by atoms with E-state index in [1.165, 1.54) is 29.4 Å². The summed E-state index contributed by atoms with van der Waals surface area (Å²) in [5.41, 5.74) is 5.30. The highest BCUT2D eigenvalue weighted by atomic mass is 16.5. The van der Waals surface area contributed by atoms with E-state index in [-0.39, 0.29) is 11.3 Å². The molecule has 5 rings (SSSR count). The van der Waals surface area contributed by atoms with Gasteiger partial charge < -0.3 is 14.8 Å². The van der Waals surface area contributed by atoms with Crippen LogP contribution in [0.25, 0.3) is 21.9 Å². The van der Waals surface area contributed by atoms with Crippen LogP contribution >= 0.6 is 0 Å². The predicted molar refractivity (Wildman–Crippen MR) is 168 cm³/mol. The molecule has 6 nitrogen and oxygen atoms in total. The molecule has 0 radical (unpaired) electrons. The van der Waals surface area contributed by atoms with E-state index < -0.39 is 0 Å². The summed E-state index contributed by atoms with van der Waals surface area (Å²) in [6.07, 6.45) is 2.48. The van der Waals surface area contributed by atoms with E-state index in [0.717, 1.165) is 28.7 Å². The molecular weight excluding hydrogens is 524 g/mol. The molecule has 1 amide bonds. The molecule has 0 bridgehead atoms. The smallest absolute Gasteiger partial charge is 0.292 e. The highest BCUT2D eigenvalue weighted by Gasteiger charge is 2.13. The maximum absolute atomic E-state index is 12.8. The van der Waals surface area contributed by atoms with Gasteiger partial charge in [0.1, 0.15) is 17.2 Å². The monoisotopic (exact) mass is 560 g/mol. The van der Waals surface area contributed by atoms with Crippen molar-refractivity contribution in [3.63, 3.8) is 0 Å². The molecule has 0 unspecified atom stereocenters. The second kappa shape index (κ2) is 14.1. The second-order valence-corrected chi connectivity index (χ2v) is 10.9. The topological polar surface area (TPSA) is 77.5 Å². The number of aromatic nitrogens is 1. The summed E-state index contributed by atoms with van der Waals surface area (Å²) in [6.45, 7) is 7.49. The Balaban J connectivity index is 0.000000952. The molecule has 4 aromatic carbocycles. The van der Waals surface area contributed by atoms with Crippen LogP contribution < -0.4 is 10.1 Å². The van der Waals surface area contributed by atoms with Gasteiger partial charge in [-0.25, -0.2) is 0 Å². The van der Waals surface area contributed by atoms with Crippen LogP contribution in [-0.4, -0.2) is 31.0 Å². The molecule has 0 atom stereocenters. The largest absolute Gasteiger partial charge is 0.471 e. The van der Waals surface area contributed by atoms with Crippen molar-refractivity contribution in [2.45, 2.75) is 32.6 Å². The lowest BCUT2D eigenvalue weighted by molar-refractivity contribution is -0.126. The number of benzene rings is 4. The molecule has 0 aliphatic rings. The minimum atomic E-state index is -0.183. The Morgan fingerprint density at radius 3 is 2.10 bits per heavy atom. The van der Waals surface area contributed by atoms with Crippen molar-refractivity contribution in [1.29, 1.82) is 0 Å². The zero-order chi connectivity index (χ0) is 30.0. The van der Waals surface area contributed by atoms with Gasteiger partial charge >= 0.3 is 0 Å². The molecule has 5 aromatic rings. The summed E-state index contributed by atoms with van der Waals surface area (Å²) < 4.78 is 9.95. The standard InChI is InChI=1S/C34H32N2O2.C2H4O2/c1-34(2,3)29-14-17-30(18-15-29)38-31-16-13-27-23-36-32(22-28(27)21-31)33(37)35-20-19-24-9-11-26(12-10-24)25-7-5-4-6-8-25;1-4-2-3/h4-18,21-23H,19-20H2,1-3H3,(H,35,37);2H,1H3. The van der Waals surface area contributed by atoms with Crippen molar-refractivity contribution >= 4 is 23.2 Å². The first-order chi connectivity index (χ1) is 20.3. The third kappa shape index (κ3) is 8.27. The molecule has 0 saturated carbocycles. The molecule has 0 saturated heterocycles. The average molecular weight is 561 g/mol. The molecule has 214 valence electrons. The van der Waals surface area contributed by atoms with Gasteiger partial charge in [-0.1, -0.05) is 87.5 Å². The Labute approximate surface area is 247 Å². The van der Waals surface area contributed by atoms with Crippen molar-refractivity contribution < 1.29 is 19.1 Å². The zero-order valence-corrected chi connectivity index (χ0v) is 24.5. The van der Waals surface area contributed by atoms with Crippen LogP contribution in [0, 0.1) is 0 Å². The fraction of sp³-hybridized carbons (Fsp3) is 0.194. The number of nitrogens with one attached hydrogen (secondary N) is 1. The normalized spacial score (nSPS) is 10.8. The number of rotatable bonds is 8. The van der Waals surface area contributed by atoms with Crippen LogP contribution in [0.1, 0.15) is 42.4 Å². The Morgan fingerprint density at radius 2 is 1.45 bits per heavy atom. The average Bonchev–Trinajstić information content (AvgIpc) is 3.01. The summed E-state index contributed by atoms with van der Waals surface area (Å²) in [4.78, 5) is 26.1. The van der Waals surface area contributed by atoms with Crippen LogP contribution in [0.4, 0.5) is 0 Å². The molecule has 0 aliphatic heterocycles. The Morgan fingerprint density at radius 1 is 0.810 bits per heavy atom. The van der Waals surface area contributed by atoms with E-state index in [1.54, 1.807) is 6.20 Å². The van der Waals surface area contributed by atoms with Crippen molar-refractivity contribution in [2.75, 3.05) is 13.7 Å². The molecule has 1 aromatic heterocycles. The number of amides is 1. The Bertz CT molecular complexity index is 1610. The Kier molecular flexibility index (Phi) is 10.1. The van der Waals surface area contributed by atoms with Crippen LogP contribution in [-0.2, 0) is 21.4 Å². The first-order valence-electron chi connectivity index (χ1n) is 13.8. The Hall–Kier alpha value is -4.97. The van der Waals surface area contributed by atoms with E-state index >= 15 is 0 Å². The van der Waals surface area contributed by atoms with Gasteiger partial charge in [0.2, 0.25) is 0 Å². The summed E-state index contributed by atoms with van der Waals surface area (Å²) in [5.74, 6) is 1.32. The first-order valence-corrected chi connectivity index (χ1v) is 13.8. The van der Waals surface area contributed by atoms with Crippen LogP contribution in [0.2, 0.25) is 0 Å². The van der Waals surface area contributed by atoms with Crippen LogP contribution in [0.5, 0.6) is 11.5 Å². The lowest BCUT2D eigenvalue weighted by Gasteiger charge is -2.19. The van der Waals surface area contributed by atoms with Crippen molar-refractivity contribution in [3.8, 4) is 22.6 Å². The lowest BCUT2D eigenvalue weighted by Crippen LogP contribution is -2.26. The molecule has 0 fully saturated rings. The maximum atomic E-state index is 12.8. The highest BCUT2D eigenvalue weighted by molar-refractivity contribution is 5.96. The summed E-state index contributed by atoms with van der Waals surface area (Å²) >= 11 is 0.